The summed E-state index contributed by atoms with van der Waals surface area (Å²) in [6.45, 7) is 2.74. The first kappa shape index (κ1) is 19.6. The highest BCUT2D eigenvalue weighted by molar-refractivity contribution is 6.30. The van der Waals surface area contributed by atoms with E-state index in [0.717, 1.165) is 49.3 Å². The summed E-state index contributed by atoms with van der Waals surface area (Å²) in [5.41, 5.74) is 4.12. The van der Waals surface area contributed by atoms with Crippen molar-refractivity contribution < 1.29 is 4.79 Å². The Kier molecular flexibility index (Phi) is 6.23. The maximum atomic E-state index is 12.8. The summed E-state index contributed by atoms with van der Waals surface area (Å²) >= 11 is 6.11. The largest absolute Gasteiger partial charge is 0.326 e. The van der Waals surface area contributed by atoms with Crippen molar-refractivity contribution >= 4 is 23.2 Å². The third-order valence-electron chi connectivity index (χ3n) is 5.38. The number of carbonyl (C=O) groups excluding carboxylic acids is 1. The molecule has 2 heterocycles. The van der Waals surface area contributed by atoms with E-state index < -0.39 is 0 Å². The molecule has 1 aromatic heterocycles. The average Bonchev–Trinajstić information content (AvgIpc) is 2.75. The van der Waals surface area contributed by atoms with Crippen LogP contribution in [0.15, 0.2) is 73.1 Å². The lowest BCUT2D eigenvalue weighted by Gasteiger charge is -2.31. The number of likely N-dealkylation sites (tertiary alicyclic amines) is 1. The number of pyridine rings is 1. The number of piperidine rings is 1. The Labute approximate surface area is 176 Å². The van der Waals surface area contributed by atoms with Crippen LogP contribution in [0.1, 0.15) is 18.4 Å². The second-order valence-corrected chi connectivity index (χ2v) is 7.93. The summed E-state index contributed by atoms with van der Waals surface area (Å²) in [6, 6.07) is 19.7. The topological polar surface area (TPSA) is 45.2 Å². The minimum Gasteiger partial charge on any atom is -0.326 e. The zero-order chi connectivity index (χ0) is 20.1. The van der Waals surface area contributed by atoms with E-state index >= 15 is 0 Å². The molecule has 1 N–H and O–H groups in total. The highest BCUT2D eigenvalue weighted by atomic mass is 35.5. The summed E-state index contributed by atoms with van der Waals surface area (Å²) in [5.74, 6) is 0.157. The van der Waals surface area contributed by atoms with Crippen molar-refractivity contribution in [1.29, 1.82) is 0 Å². The van der Waals surface area contributed by atoms with Gasteiger partial charge >= 0.3 is 0 Å². The van der Waals surface area contributed by atoms with Crippen molar-refractivity contribution in [2.45, 2.75) is 19.4 Å². The Bertz CT molecular complexity index is 969. The second kappa shape index (κ2) is 9.21. The molecule has 0 bridgehead atoms. The lowest BCUT2D eigenvalue weighted by atomic mass is 9.95. The van der Waals surface area contributed by atoms with Crippen LogP contribution in [-0.4, -0.2) is 28.9 Å². The lowest BCUT2D eigenvalue weighted by Crippen LogP contribution is -2.37. The fourth-order valence-corrected chi connectivity index (χ4v) is 3.98. The number of nitrogens with one attached hydrogen (secondary N) is 1. The van der Waals surface area contributed by atoms with Gasteiger partial charge in [-0.25, -0.2) is 0 Å². The molecule has 148 valence electrons. The standard InChI is InChI=1S/C24H24ClN3O/c25-22-7-1-5-20(14-22)21-6-2-8-23(15-21)27-24(29)19-9-12-28(13-10-19)17-18-4-3-11-26-16-18/h1-8,11,14-16,19H,9-10,12-13,17H2,(H,27,29). The van der Waals surface area contributed by atoms with Crippen LogP contribution in [0, 0.1) is 5.92 Å². The quantitative estimate of drug-likeness (QED) is 0.630. The molecule has 1 amide bonds. The number of amides is 1. The van der Waals surface area contributed by atoms with E-state index in [0.29, 0.717) is 5.02 Å². The first-order valence-corrected chi connectivity index (χ1v) is 10.3. The van der Waals surface area contributed by atoms with Crippen molar-refractivity contribution in [3.8, 4) is 11.1 Å². The van der Waals surface area contributed by atoms with Gasteiger partial charge in [0.1, 0.15) is 0 Å². The summed E-state index contributed by atoms with van der Waals surface area (Å²) in [4.78, 5) is 19.3. The van der Waals surface area contributed by atoms with E-state index in [2.05, 4.69) is 21.3 Å². The fourth-order valence-electron chi connectivity index (χ4n) is 3.79. The van der Waals surface area contributed by atoms with Crippen molar-refractivity contribution in [2.24, 2.45) is 5.92 Å². The number of benzene rings is 2. The Morgan fingerprint density at radius 2 is 1.79 bits per heavy atom. The smallest absolute Gasteiger partial charge is 0.227 e. The Morgan fingerprint density at radius 1 is 1.03 bits per heavy atom. The highest BCUT2D eigenvalue weighted by Gasteiger charge is 2.25. The van der Waals surface area contributed by atoms with Crippen LogP contribution in [0.25, 0.3) is 11.1 Å². The summed E-state index contributed by atoms with van der Waals surface area (Å²) < 4.78 is 0. The molecular formula is C24H24ClN3O. The maximum Gasteiger partial charge on any atom is 0.227 e. The van der Waals surface area contributed by atoms with Crippen LogP contribution in [0.3, 0.4) is 0 Å². The Morgan fingerprint density at radius 3 is 2.52 bits per heavy atom. The second-order valence-electron chi connectivity index (χ2n) is 7.49. The molecule has 0 saturated carbocycles. The molecule has 0 unspecified atom stereocenters. The van der Waals surface area contributed by atoms with E-state index in [4.69, 9.17) is 11.6 Å². The van der Waals surface area contributed by atoms with Crippen LogP contribution < -0.4 is 5.32 Å². The molecule has 29 heavy (non-hydrogen) atoms. The number of nitrogens with zero attached hydrogens (tertiary/aromatic N) is 2. The normalized spacial score (nSPS) is 15.2. The molecule has 1 saturated heterocycles. The lowest BCUT2D eigenvalue weighted by molar-refractivity contribution is -0.121. The Hall–Kier alpha value is -2.69. The zero-order valence-corrected chi connectivity index (χ0v) is 17.0. The van der Waals surface area contributed by atoms with Gasteiger partial charge in [0.05, 0.1) is 0 Å². The molecule has 1 aliphatic rings. The minimum atomic E-state index is 0.0509. The van der Waals surface area contributed by atoms with Crippen LogP contribution in [-0.2, 0) is 11.3 Å². The van der Waals surface area contributed by atoms with Gasteiger partial charge in [0.15, 0.2) is 0 Å². The van der Waals surface area contributed by atoms with E-state index in [1.54, 1.807) is 6.20 Å². The fraction of sp³-hybridized carbons (Fsp3) is 0.250. The van der Waals surface area contributed by atoms with E-state index in [9.17, 15) is 4.79 Å². The molecule has 0 atom stereocenters. The number of anilines is 1. The van der Waals surface area contributed by atoms with Gasteiger partial charge in [-0.05, 0) is 73.0 Å². The molecule has 2 aromatic carbocycles. The van der Waals surface area contributed by atoms with E-state index in [1.165, 1.54) is 5.56 Å². The van der Waals surface area contributed by atoms with Crippen molar-refractivity contribution in [2.75, 3.05) is 18.4 Å². The van der Waals surface area contributed by atoms with Gasteiger partial charge in [-0.1, -0.05) is 41.9 Å². The first-order chi connectivity index (χ1) is 14.2. The SMILES string of the molecule is O=C(Nc1cccc(-c2cccc(Cl)c2)c1)C1CCN(Cc2cccnc2)CC1. The number of hydrogen-bond acceptors (Lipinski definition) is 3. The van der Waals surface area contributed by atoms with E-state index in [-0.39, 0.29) is 11.8 Å². The molecule has 4 rings (SSSR count). The molecule has 3 aromatic rings. The predicted octanol–water partition coefficient (Wildman–Crippen LogP) is 5.25. The van der Waals surface area contributed by atoms with Crippen LogP contribution >= 0.6 is 11.6 Å². The monoisotopic (exact) mass is 405 g/mol. The molecular weight excluding hydrogens is 382 g/mol. The summed E-state index contributed by atoms with van der Waals surface area (Å²) in [6.07, 6.45) is 5.45. The number of halogens is 1. The summed E-state index contributed by atoms with van der Waals surface area (Å²) in [7, 11) is 0. The molecule has 4 nitrogen and oxygen atoms in total. The Balaban J connectivity index is 1.34. The number of hydrogen-bond donors (Lipinski definition) is 1. The van der Waals surface area contributed by atoms with E-state index in [1.807, 2.05) is 60.8 Å². The average molecular weight is 406 g/mol. The molecule has 0 aliphatic carbocycles. The van der Waals surface area contributed by atoms with Gasteiger partial charge in [0.2, 0.25) is 5.91 Å². The molecule has 1 fully saturated rings. The van der Waals surface area contributed by atoms with Gasteiger partial charge in [-0.15, -0.1) is 0 Å². The first-order valence-electron chi connectivity index (χ1n) is 9.95. The van der Waals surface area contributed by atoms with Gasteiger partial charge < -0.3 is 5.32 Å². The predicted molar refractivity (Wildman–Crippen MR) is 118 cm³/mol. The molecule has 5 heteroatoms. The van der Waals surface area contributed by atoms with Gasteiger partial charge in [-0.3, -0.25) is 14.7 Å². The van der Waals surface area contributed by atoms with Gasteiger partial charge in [0.25, 0.3) is 0 Å². The number of carbonyl (C=O) groups is 1. The van der Waals surface area contributed by atoms with Crippen LogP contribution in [0.4, 0.5) is 5.69 Å². The van der Waals surface area contributed by atoms with Gasteiger partial charge in [-0.2, -0.15) is 0 Å². The van der Waals surface area contributed by atoms with Crippen molar-refractivity contribution in [1.82, 2.24) is 9.88 Å². The number of aromatic nitrogens is 1. The minimum absolute atomic E-state index is 0.0509. The number of rotatable bonds is 5. The zero-order valence-electron chi connectivity index (χ0n) is 16.2. The van der Waals surface area contributed by atoms with Crippen LogP contribution in [0.5, 0.6) is 0 Å². The highest BCUT2D eigenvalue weighted by Crippen LogP contribution is 2.26. The molecule has 1 aliphatic heterocycles. The van der Waals surface area contributed by atoms with Crippen molar-refractivity contribution in [3.63, 3.8) is 0 Å². The third kappa shape index (κ3) is 5.22. The van der Waals surface area contributed by atoms with Crippen molar-refractivity contribution in [3.05, 3.63) is 83.6 Å². The van der Waals surface area contributed by atoms with Crippen LogP contribution in [0.2, 0.25) is 5.02 Å². The summed E-state index contributed by atoms with van der Waals surface area (Å²) in [5, 5.41) is 3.80. The van der Waals surface area contributed by atoms with Gasteiger partial charge in [0, 0.05) is 35.6 Å². The third-order valence-corrected chi connectivity index (χ3v) is 5.61. The maximum absolute atomic E-state index is 12.8. The molecule has 0 spiro atoms. The molecule has 0 radical (unpaired) electrons.